The highest BCUT2D eigenvalue weighted by molar-refractivity contribution is 14.0. The second-order valence-corrected chi connectivity index (χ2v) is 5.96. The number of alkyl halides is 2. The molecule has 172 valence electrons. The third-order valence-corrected chi connectivity index (χ3v) is 3.78. The number of benzene rings is 1. The summed E-state index contributed by atoms with van der Waals surface area (Å²) in [6.07, 6.45) is 1.53. The van der Waals surface area contributed by atoms with E-state index in [-0.39, 0.29) is 61.0 Å². The van der Waals surface area contributed by atoms with Crippen LogP contribution in [0, 0.1) is 0 Å². The molecule has 11 heteroatoms. The summed E-state index contributed by atoms with van der Waals surface area (Å²) in [6.45, 7) is 1.80. The van der Waals surface area contributed by atoms with Crippen molar-refractivity contribution in [1.29, 1.82) is 0 Å². The molecule has 0 saturated heterocycles. The van der Waals surface area contributed by atoms with Gasteiger partial charge in [-0.15, -0.1) is 24.0 Å². The molecule has 0 aliphatic carbocycles. The van der Waals surface area contributed by atoms with Gasteiger partial charge in [0, 0.05) is 12.1 Å². The van der Waals surface area contributed by atoms with Crippen LogP contribution in [-0.2, 0) is 17.9 Å². The van der Waals surface area contributed by atoms with E-state index in [9.17, 15) is 13.6 Å². The van der Waals surface area contributed by atoms with Crippen molar-refractivity contribution < 1.29 is 27.5 Å². The van der Waals surface area contributed by atoms with E-state index in [0.29, 0.717) is 30.4 Å². The maximum Gasteiger partial charge on any atom is 0.387 e. The van der Waals surface area contributed by atoms with Gasteiger partial charge in [-0.25, -0.2) is 4.99 Å². The smallest absolute Gasteiger partial charge is 0.387 e. The lowest BCUT2D eigenvalue weighted by Crippen LogP contribution is -2.43. The number of furan rings is 1. The topological polar surface area (TPSA) is 97.1 Å². The van der Waals surface area contributed by atoms with Crippen LogP contribution in [0.15, 0.2) is 46.0 Å². The number of nitrogens with zero attached hydrogens (tertiary/aromatic N) is 1. The number of aliphatic imine (C=N–C) groups is 1. The highest BCUT2D eigenvalue weighted by Crippen LogP contribution is 2.33. The molecule has 1 amide bonds. The lowest BCUT2D eigenvalue weighted by Gasteiger charge is -2.15. The second kappa shape index (κ2) is 14.4. The summed E-state index contributed by atoms with van der Waals surface area (Å²) in [5.41, 5.74) is 0.431. The molecule has 1 aromatic heterocycles. The summed E-state index contributed by atoms with van der Waals surface area (Å²) in [4.78, 5) is 16.3. The van der Waals surface area contributed by atoms with E-state index in [1.54, 1.807) is 37.3 Å². The van der Waals surface area contributed by atoms with Gasteiger partial charge in [-0.1, -0.05) is 12.1 Å². The molecule has 0 radical (unpaired) electrons. The second-order valence-electron chi connectivity index (χ2n) is 5.96. The van der Waals surface area contributed by atoms with Crippen molar-refractivity contribution in [2.24, 2.45) is 4.99 Å². The number of nitrogens with one attached hydrogen (secondary N) is 3. The standard InChI is InChI=1S/C20H26F2N4O4.HI/c1-3-23-20(26-13-17(27)24-12-15-8-6-10-29-15)25-11-14-7-5-9-16(28-4-2)18(14)30-19(21)22;/h5-10,19H,3-4,11-13H2,1-2H3,(H,24,27)(H2,23,25,26);1H. The summed E-state index contributed by atoms with van der Waals surface area (Å²) in [5.74, 6) is 0.920. The predicted octanol–water partition coefficient (Wildman–Crippen LogP) is 3.27. The largest absolute Gasteiger partial charge is 0.490 e. The zero-order chi connectivity index (χ0) is 21.8. The van der Waals surface area contributed by atoms with Crippen LogP contribution in [-0.4, -0.2) is 38.2 Å². The molecule has 0 unspecified atom stereocenters. The maximum atomic E-state index is 12.8. The molecule has 0 aliphatic heterocycles. The number of rotatable bonds is 11. The zero-order valence-electron chi connectivity index (χ0n) is 17.3. The average Bonchev–Trinajstić information content (AvgIpc) is 3.24. The summed E-state index contributed by atoms with van der Waals surface area (Å²) >= 11 is 0. The molecular weight excluding hydrogens is 525 g/mol. The van der Waals surface area contributed by atoms with Crippen molar-refractivity contribution in [3.8, 4) is 11.5 Å². The molecule has 8 nitrogen and oxygen atoms in total. The van der Waals surface area contributed by atoms with Crippen molar-refractivity contribution >= 4 is 35.8 Å². The number of guanidine groups is 1. The SMILES string of the molecule is CCNC(=NCc1cccc(OCC)c1OC(F)F)NCC(=O)NCc1ccco1.I. The minimum Gasteiger partial charge on any atom is -0.490 e. The van der Waals surface area contributed by atoms with Crippen molar-refractivity contribution in [2.45, 2.75) is 33.5 Å². The fraction of sp³-hybridized carbons (Fsp3) is 0.400. The Morgan fingerprint density at radius 1 is 1.16 bits per heavy atom. The highest BCUT2D eigenvalue weighted by Gasteiger charge is 2.15. The Hall–Kier alpha value is -2.57. The molecule has 1 aromatic carbocycles. The van der Waals surface area contributed by atoms with Crippen LogP contribution in [0.2, 0.25) is 0 Å². The number of hydrogen-bond donors (Lipinski definition) is 3. The zero-order valence-corrected chi connectivity index (χ0v) is 19.7. The molecular formula is C20H27F2IN4O4. The summed E-state index contributed by atoms with van der Waals surface area (Å²) in [7, 11) is 0. The van der Waals surface area contributed by atoms with Gasteiger partial charge in [0.25, 0.3) is 0 Å². The van der Waals surface area contributed by atoms with E-state index in [0.717, 1.165) is 0 Å². The molecule has 0 atom stereocenters. The van der Waals surface area contributed by atoms with Crippen LogP contribution in [0.3, 0.4) is 0 Å². The fourth-order valence-electron chi connectivity index (χ4n) is 2.51. The van der Waals surface area contributed by atoms with Crippen LogP contribution < -0.4 is 25.4 Å². The third-order valence-electron chi connectivity index (χ3n) is 3.78. The van der Waals surface area contributed by atoms with Gasteiger partial charge in [0.05, 0.1) is 32.5 Å². The number of halogens is 3. The molecule has 0 spiro atoms. The van der Waals surface area contributed by atoms with Gasteiger partial charge >= 0.3 is 6.61 Å². The number of para-hydroxylation sites is 1. The van der Waals surface area contributed by atoms with E-state index in [4.69, 9.17) is 9.15 Å². The first-order valence-corrected chi connectivity index (χ1v) is 9.54. The van der Waals surface area contributed by atoms with Crippen molar-refractivity contribution in [2.75, 3.05) is 19.7 Å². The van der Waals surface area contributed by atoms with Crippen molar-refractivity contribution in [1.82, 2.24) is 16.0 Å². The number of amides is 1. The van der Waals surface area contributed by atoms with E-state index < -0.39 is 6.61 Å². The lowest BCUT2D eigenvalue weighted by molar-refractivity contribution is -0.120. The normalized spacial score (nSPS) is 10.9. The fourth-order valence-corrected chi connectivity index (χ4v) is 2.51. The Morgan fingerprint density at radius 3 is 2.61 bits per heavy atom. The Bertz CT molecular complexity index is 820. The van der Waals surface area contributed by atoms with Crippen molar-refractivity contribution in [3.63, 3.8) is 0 Å². The Morgan fingerprint density at radius 2 is 1.97 bits per heavy atom. The molecule has 2 aromatic rings. The van der Waals surface area contributed by atoms with E-state index in [1.807, 2.05) is 6.92 Å². The van der Waals surface area contributed by atoms with Gasteiger partial charge in [0.2, 0.25) is 5.91 Å². The first-order valence-electron chi connectivity index (χ1n) is 9.54. The Labute approximate surface area is 196 Å². The summed E-state index contributed by atoms with van der Waals surface area (Å²) in [6, 6.07) is 8.36. The van der Waals surface area contributed by atoms with Gasteiger partial charge < -0.3 is 29.8 Å². The summed E-state index contributed by atoms with van der Waals surface area (Å²) < 4.78 is 40.8. The predicted molar refractivity (Wildman–Crippen MR) is 123 cm³/mol. The summed E-state index contributed by atoms with van der Waals surface area (Å²) in [5, 5.41) is 8.61. The van der Waals surface area contributed by atoms with Gasteiger partial charge in [-0.2, -0.15) is 8.78 Å². The molecule has 31 heavy (non-hydrogen) atoms. The quantitative estimate of drug-likeness (QED) is 0.225. The average molecular weight is 552 g/mol. The minimum absolute atomic E-state index is 0. The number of hydrogen-bond acceptors (Lipinski definition) is 5. The van der Waals surface area contributed by atoms with E-state index in [1.165, 1.54) is 6.26 Å². The molecule has 2 rings (SSSR count). The maximum absolute atomic E-state index is 12.8. The number of ether oxygens (including phenoxy) is 2. The molecule has 0 aliphatic rings. The first kappa shape index (κ1) is 26.5. The molecule has 1 heterocycles. The van der Waals surface area contributed by atoms with Gasteiger partial charge in [-0.3, -0.25) is 4.79 Å². The van der Waals surface area contributed by atoms with E-state index >= 15 is 0 Å². The third kappa shape index (κ3) is 9.40. The Kier molecular flexibility index (Phi) is 12.3. The number of carbonyl (C=O) groups is 1. The molecule has 0 fully saturated rings. The van der Waals surface area contributed by atoms with Crippen LogP contribution in [0.4, 0.5) is 8.78 Å². The molecule has 0 saturated carbocycles. The van der Waals surface area contributed by atoms with Gasteiger partial charge in [0.15, 0.2) is 17.5 Å². The molecule has 0 bridgehead atoms. The minimum atomic E-state index is -2.99. The van der Waals surface area contributed by atoms with E-state index in [2.05, 4.69) is 25.7 Å². The first-order chi connectivity index (χ1) is 14.5. The van der Waals surface area contributed by atoms with Crippen LogP contribution in [0.25, 0.3) is 0 Å². The Balaban J connectivity index is 0.00000480. The van der Waals surface area contributed by atoms with Gasteiger partial charge in [0.1, 0.15) is 5.76 Å². The van der Waals surface area contributed by atoms with Gasteiger partial charge in [-0.05, 0) is 32.0 Å². The molecule has 3 N–H and O–H groups in total. The monoisotopic (exact) mass is 552 g/mol. The van der Waals surface area contributed by atoms with Crippen molar-refractivity contribution in [3.05, 3.63) is 47.9 Å². The van der Waals surface area contributed by atoms with Crippen LogP contribution >= 0.6 is 24.0 Å². The lowest BCUT2D eigenvalue weighted by atomic mass is 10.2. The number of carbonyl (C=O) groups excluding carboxylic acids is 1. The van der Waals surface area contributed by atoms with Crippen LogP contribution in [0.5, 0.6) is 11.5 Å². The highest BCUT2D eigenvalue weighted by atomic mass is 127. The van der Waals surface area contributed by atoms with Crippen LogP contribution in [0.1, 0.15) is 25.2 Å².